The van der Waals surface area contributed by atoms with Crippen molar-refractivity contribution in [2.75, 3.05) is 19.8 Å². The lowest BCUT2D eigenvalue weighted by atomic mass is 10.1. The highest BCUT2D eigenvalue weighted by atomic mass is 16.5. The average molecular weight is 369 g/mol. The van der Waals surface area contributed by atoms with Crippen molar-refractivity contribution in [2.45, 2.75) is 33.2 Å². The Hall–Kier alpha value is -2.82. The Kier molecular flexibility index (Phi) is 8.36. The van der Waals surface area contributed by atoms with E-state index in [0.717, 1.165) is 17.7 Å². The summed E-state index contributed by atoms with van der Waals surface area (Å²) in [5.41, 5.74) is 1.58. The van der Waals surface area contributed by atoms with E-state index in [1.54, 1.807) is 36.1 Å². The summed E-state index contributed by atoms with van der Waals surface area (Å²) in [7, 11) is 0. The number of carbonyl (C=O) groups excluding carboxylic acids is 2. The van der Waals surface area contributed by atoms with Crippen molar-refractivity contribution in [1.82, 2.24) is 4.90 Å². The van der Waals surface area contributed by atoms with Gasteiger partial charge in [-0.1, -0.05) is 37.3 Å². The molecule has 0 radical (unpaired) electrons. The smallest absolute Gasteiger partial charge is 0.307 e. The van der Waals surface area contributed by atoms with E-state index in [9.17, 15) is 9.59 Å². The molecule has 0 heterocycles. The molecule has 144 valence electrons. The summed E-state index contributed by atoms with van der Waals surface area (Å²) >= 11 is 0. The molecule has 0 saturated heterocycles. The van der Waals surface area contributed by atoms with Crippen LogP contribution in [0.5, 0.6) is 5.75 Å². The first kappa shape index (κ1) is 20.5. The Morgan fingerprint density at radius 2 is 1.67 bits per heavy atom. The molecule has 0 aromatic heterocycles. The summed E-state index contributed by atoms with van der Waals surface area (Å²) in [6, 6.07) is 16.9. The molecular weight excluding hydrogens is 342 g/mol. The summed E-state index contributed by atoms with van der Waals surface area (Å²) in [6.45, 7) is 5.54. The molecule has 0 saturated carbocycles. The number of nitrogens with zero attached hydrogens (tertiary/aromatic N) is 1. The maximum Gasteiger partial charge on any atom is 0.307 e. The van der Waals surface area contributed by atoms with E-state index < -0.39 is 0 Å². The summed E-state index contributed by atoms with van der Waals surface area (Å²) in [5.74, 6) is 0.325. The molecule has 2 rings (SSSR count). The first-order valence-electron chi connectivity index (χ1n) is 9.35. The SMILES string of the molecule is CCCOc1ccc(C(=O)N(CCC(=O)OCC)Cc2ccccc2)cc1. The fourth-order valence-electron chi connectivity index (χ4n) is 2.61. The van der Waals surface area contributed by atoms with E-state index in [1.807, 2.05) is 37.3 Å². The van der Waals surface area contributed by atoms with Crippen molar-refractivity contribution in [2.24, 2.45) is 0 Å². The van der Waals surface area contributed by atoms with Gasteiger partial charge in [0.1, 0.15) is 5.75 Å². The maximum absolute atomic E-state index is 13.0. The van der Waals surface area contributed by atoms with Crippen LogP contribution < -0.4 is 4.74 Å². The molecule has 0 bridgehead atoms. The van der Waals surface area contributed by atoms with Gasteiger partial charge in [0.2, 0.25) is 0 Å². The number of carbonyl (C=O) groups is 2. The van der Waals surface area contributed by atoms with E-state index in [2.05, 4.69) is 0 Å². The highest BCUT2D eigenvalue weighted by Gasteiger charge is 2.18. The van der Waals surface area contributed by atoms with Crippen molar-refractivity contribution < 1.29 is 19.1 Å². The lowest BCUT2D eigenvalue weighted by Crippen LogP contribution is -2.32. The third-order valence-corrected chi connectivity index (χ3v) is 3.97. The zero-order valence-corrected chi connectivity index (χ0v) is 16.0. The van der Waals surface area contributed by atoms with E-state index in [4.69, 9.17) is 9.47 Å². The Morgan fingerprint density at radius 1 is 0.963 bits per heavy atom. The van der Waals surface area contributed by atoms with Gasteiger partial charge in [-0.2, -0.15) is 0 Å². The first-order chi connectivity index (χ1) is 13.1. The molecule has 2 aromatic carbocycles. The second kappa shape index (κ2) is 11.0. The van der Waals surface area contributed by atoms with E-state index in [-0.39, 0.29) is 18.3 Å². The Morgan fingerprint density at radius 3 is 2.30 bits per heavy atom. The van der Waals surface area contributed by atoms with Crippen LogP contribution in [0.2, 0.25) is 0 Å². The first-order valence-corrected chi connectivity index (χ1v) is 9.35. The molecule has 5 heteroatoms. The topological polar surface area (TPSA) is 55.8 Å². The van der Waals surface area contributed by atoms with Crippen LogP contribution in [0, 0.1) is 0 Å². The quantitative estimate of drug-likeness (QED) is 0.593. The standard InChI is InChI=1S/C22H27NO4/c1-3-16-27-20-12-10-19(11-13-20)22(25)23(15-14-21(24)26-4-2)17-18-8-6-5-7-9-18/h5-13H,3-4,14-17H2,1-2H3. The second-order valence-corrected chi connectivity index (χ2v) is 6.14. The summed E-state index contributed by atoms with van der Waals surface area (Å²) < 4.78 is 10.6. The van der Waals surface area contributed by atoms with Gasteiger partial charge in [0.15, 0.2) is 0 Å². The molecule has 5 nitrogen and oxygen atoms in total. The van der Waals surface area contributed by atoms with Gasteiger partial charge in [-0.25, -0.2) is 0 Å². The monoisotopic (exact) mass is 369 g/mol. The van der Waals surface area contributed by atoms with Crippen LogP contribution in [-0.2, 0) is 16.1 Å². The molecule has 0 unspecified atom stereocenters. The number of esters is 1. The zero-order valence-electron chi connectivity index (χ0n) is 16.0. The van der Waals surface area contributed by atoms with Gasteiger partial charge in [0.05, 0.1) is 19.6 Å². The Bertz CT molecular complexity index is 713. The minimum absolute atomic E-state index is 0.120. The number of hydrogen-bond acceptors (Lipinski definition) is 4. The summed E-state index contributed by atoms with van der Waals surface area (Å²) in [4.78, 5) is 26.4. The fourth-order valence-corrected chi connectivity index (χ4v) is 2.61. The Labute approximate surface area is 160 Å². The van der Waals surface area contributed by atoms with Gasteiger partial charge < -0.3 is 14.4 Å². The zero-order chi connectivity index (χ0) is 19.5. The third-order valence-electron chi connectivity index (χ3n) is 3.97. The molecular formula is C22H27NO4. The largest absolute Gasteiger partial charge is 0.494 e. The number of rotatable bonds is 10. The summed E-state index contributed by atoms with van der Waals surface area (Å²) in [6.07, 6.45) is 1.10. The van der Waals surface area contributed by atoms with Crippen molar-refractivity contribution in [3.63, 3.8) is 0 Å². The van der Waals surface area contributed by atoms with Crippen LogP contribution in [-0.4, -0.2) is 36.5 Å². The van der Waals surface area contributed by atoms with E-state index >= 15 is 0 Å². The van der Waals surface area contributed by atoms with Crippen LogP contribution in [0.25, 0.3) is 0 Å². The number of ether oxygens (including phenoxy) is 2. The van der Waals surface area contributed by atoms with Gasteiger partial charge in [-0.05, 0) is 43.2 Å². The maximum atomic E-state index is 13.0. The molecule has 0 aliphatic heterocycles. The molecule has 0 spiro atoms. The van der Waals surface area contributed by atoms with Crippen LogP contribution in [0.15, 0.2) is 54.6 Å². The van der Waals surface area contributed by atoms with Crippen LogP contribution in [0.3, 0.4) is 0 Å². The minimum Gasteiger partial charge on any atom is -0.494 e. The molecule has 0 atom stereocenters. The van der Waals surface area contributed by atoms with Crippen LogP contribution in [0.1, 0.15) is 42.6 Å². The molecule has 0 N–H and O–H groups in total. The van der Waals surface area contributed by atoms with Gasteiger partial charge in [-0.15, -0.1) is 0 Å². The van der Waals surface area contributed by atoms with Crippen molar-refractivity contribution in [1.29, 1.82) is 0 Å². The number of benzene rings is 2. The highest BCUT2D eigenvalue weighted by molar-refractivity contribution is 5.94. The van der Waals surface area contributed by atoms with E-state index in [0.29, 0.717) is 31.9 Å². The minimum atomic E-state index is -0.299. The van der Waals surface area contributed by atoms with E-state index in [1.165, 1.54) is 0 Å². The van der Waals surface area contributed by atoms with Crippen molar-refractivity contribution >= 4 is 11.9 Å². The fraction of sp³-hybridized carbons (Fsp3) is 0.364. The molecule has 27 heavy (non-hydrogen) atoms. The normalized spacial score (nSPS) is 10.3. The van der Waals surface area contributed by atoms with Gasteiger partial charge >= 0.3 is 5.97 Å². The molecule has 0 fully saturated rings. The van der Waals surface area contributed by atoms with Crippen molar-refractivity contribution in [3.05, 3.63) is 65.7 Å². The third kappa shape index (κ3) is 6.77. The Balaban J connectivity index is 2.10. The lowest BCUT2D eigenvalue weighted by Gasteiger charge is -2.23. The lowest BCUT2D eigenvalue weighted by molar-refractivity contribution is -0.143. The predicted octanol–water partition coefficient (Wildman–Crippen LogP) is 4.07. The van der Waals surface area contributed by atoms with Crippen LogP contribution >= 0.6 is 0 Å². The van der Waals surface area contributed by atoms with Crippen molar-refractivity contribution in [3.8, 4) is 5.75 Å². The molecule has 0 aliphatic carbocycles. The number of amides is 1. The van der Waals surface area contributed by atoms with Gasteiger partial charge in [0.25, 0.3) is 5.91 Å². The second-order valence-electron chi connectivity index (χ2n) is 6.14. The van der Waals surface area contributed by atoms with Crippen LogP contribution in [0.4, 0.5) is 0 Å². The molecule has 0 aliphatic rings. The molecule has 1 amide bonds. The highest BCUT2D eigenvalue weighted by Crippen LogP contribution is 2.16. The average Bonchev–Trinajstić information content (AvgIpc) is 2.70. The van der Waals surface area contributed by atoms with Gasteiger partial charge in [-0.3, -0.25) is 9.59 Å². The number of hydrogen-bond donors (Lipinski definition) is 0. The molecule has 2 aromatic rings. The predicted molar refractivity (Wildman–Crippen MR) is 105 cm³/mol. The summed E-state index contributed by atoms with van der Waals surface area (Å²) in [5, 5.41) is 0. The van der Waals surface area contributed by atoms with Gasteiger partial charge in [0, 0.05) is 18.7 Å².